The summed E-state index contributed by atoms with van der Waals surface area (Å²) in [7, 11) is 3.12. The number of likely N-dealkylation sites (N-methyl/N-ethyl adjacent to an activating group) is 1. The summed E-state index contributed by atoms with van der Waals surface area (Å²) in [5.41, 5.74) is 2.01. The van der Waals surface area contributed by atoms with Gasteiger partial charge in [0.05, 0.1) is 20.3 Å². The number of alkyl carbamates (subject to hydrolysis) is 1. The van der Waals surface area contributed by atoms with Crippen LogP contribution in [0.25, 0.3) is 0 Å². The van der Waals surface area contributed by atoms with Crippen molar-refractivity contribution in [1.82, 2.24) is 16.0 Å². The molecule has 174 valence electrons. The topological polar surface area (TPSA) is 97.9 Å². The van der Waals surface area contributed by atoms with Crippen molar-refractivity contribution in [2.24, 2.45) is 0 Å². The van der Waals surface area contributed by atoms with E-state index in [9.17, 15) is 9.59 Å². The van der Waals surface area contributed by atoms with Crippen LogP contribution in [0.2, 0.25) is 5.02 Å². The maximum absolute atomic E-state index is 12.7. The van der Waals surface area contributed by atoms with E-state index in [1.165, 1.54) is 7.11 Å². The molecule has 0 bridgehead atoms. The Bertz CT molecular complexity index is 894. The highest BCUT2D eigenvalue weighted by Crippen LogP contribution is 2.31. The van der Waals surface area contributed by atoms with E-state index in [-0.39, 0.29) is 19.1 Å². The first-order valence-electron chi connectivity index (χ1n) is 10.4. The summed E-state index contributed by atoms with van der Waals surface area (Å²) in [6, 6.07) is 12.6. The van der Waals surface area contributed by atoms with Crippen LogP contribution in [0, 0.1) is 0 Å². The summed E-state index contributed by atoms with van der Waals surface area (Å²) < 4.78 is 16.4. The molecule has 1 atom stereocenters. The lowest BCUT2D eigenvalue weighted by molar-refractivity contribution is 0.0802. The van der Waals surface area contributed by atoms with Crippen molar-refractivity contribution in [2.75, 3.05) is 47.0 Å². The number of benzene rings is 2. The average Bonchev–Trinajstić information content (AvgIpc) is 2.79. The van der Waals surface area contributed by atoms with Gasteiger partial charge in [-0.1, -0.05) is 23.7 Å². The Morgan fingerprint density at radius 3 is 2.53 bits per heavy atom. The molecule has 0 spiro atoms. The Balaban J connectivity index is 2.34. The quantitative estimate of drug-likeness (QED) is 0.418. The standard InChI is InChI=1S/C23H30ClN3O5/c1-4-31-20-14-17(12-18(15-20)22(28)26-9-8-25-2)21(16-6-5-7-19(24)13-16)32-11-10-27-23(29)30-3/h5-7,12-15,21,25H,4,8-11H2,1-3H3,(H,26,28)(H,27,29). The lowest BCUT2D eigenvalue weighted by Crippen LogP contribution is -2.30. The van der Waals surface area contributed by atoms with Gasteiger partial charge in [-0.3, -0.25) is 4.79 Å². The lowest BCUT2D eigenvalue weighted by Gasteiger charge is -2.21. The van der Waals surface area contributed by atoms with Crippen LogP contribution in [-0.4, -0.2) is 59.0 Å². The number of carbonyl (C=O) groups excluding carboxylic acids is 2. The second-order valence-electron chi connectivity index (χ2n) is 6.81. The summed E-state index contributed by atoms with van der Waals surface area (Å²) in [5, 5.41) is 9.02. The third kappa shape index (κ3) is 8.03. The summed E-state index contributed by atoms with van der Waals surface area (Å²) in [4.78, 5) is 24.0. The van der Waals surface area contributed by atoms with Crippen molar-refractivity contribution in [3.05, 3.63) is 64.2 Å². The monoisotopic (exact) mass is 463 g/mol. The van der Waals surface area contributed by atoms with Gasteiger partial charge in [-0.05, 0) is 55.4 Å². The molecule has 0 aliphatic heterocycles. The molecule has 0 aliphatic carbocycles. The molecule has 8 nitrogen and oxygen atoms in total. The minimum Gasteiger partial charge on any atom is -0.494 e. The van der Waals surface area contributed by atoms with Crippen molar-refractivity contribution >= 4 is 23.6 Å². The molecule has 2 aromatic rings. The lowest BCUT2D eigenvalue weighted by atomic mass is 9.98. The molecule has 0 heterocycles. The summed E-state index contributed by atoms with van der Waals surface area (Å²) in [5.74, 6) is 0.354. The van der Waals surface area contributed by atoms with Gasteiger partial charge in [0, 0.05) is 30.2 Å². The molecule has 0 saturated heterocycles. The first-order valence-corrected chi connectivity index (χ1v) is 10.8. The van der Waals surface area contributed by atoms with E-state index in [1.807, 2.05) is 32.2 Å². The van der Waals surface area contributed by atoms with E-state index in [1.54, 1.807) is 24.3 Å². The molecule has 2 rings (SSSR count). The molecule has 0 aliphatic rings. The minimum atomic E-state index is -0.535. The van der Waals surface area contributed by atoms with Crippen LogP contribution < -0.4 is 20.7 Å². The van der Waals surface area contributed by atoms with Crippen molar-refractivity contribution in [1.29, 1.82) is 0 Å². The molecule has 2 aromatic carbocycles. The normalized spacial score (nSPS) is 11.5. The van der Waals surface area contributed by atoms with Gasteiger partial charge in [0.1, 0.15) is 11.9 Å². The van der Waals surface area contributed by atoms with Crippen LogP contribution in [0.15, 0.2) is 42.5 Å². The maximum atomic E-state index is 12.7. The van der Waals surface area contributed by atoms with Crippen LogP contribution in [0.5, 0.6) is 5.75 Å². The zero-order chi connectivity index (χ0) is 23.3. The fraction of sp³-hybridized carbons (Fsp3) is 0.391. The number of carbonyl (C=O) groups is 2. The number of halogens is 1. The van der Waals surface area contributed by atoms with Crippen molar-refractivity contribution in [2.45, 2.75) is 13.0 Å². The predicted molar refractivity (Wildman–Crippen MR) is 124 cm³/mol. The van der Waals surface area contributed by atoms with E-state index < -0.39 is 12.2 Å². The Hall–Kier alpha value is -2.81. The Morgan fingerprint density at radius 1 is 1.03 bits per heavy atom. The molecule has 2 amide bonds. The number of methoxy groups -OCH3 is 1. The third-order valence-electron chi connectivity index (χ3n) is 4.46. The molecule has 0 aromatic heterocycles. The van der Waals surface area contributed by atoms with Gasteiger partial charge in [-0.25, -0.2) is 4.79 Å². The van der Waals surface area contributed by atoms with Gasteiger partial charge in [0.15, 0.2) is 0 Å². The van der Waals surface area contributed by atoms with E-state index in [4.69, 9.17) is 21.1 Å². The molecule has 0 radical (unpaired) electrons. The van der Waals surface area contributed by atoms with Gasteiger partial charge < -0.3 is 30.2 Å². The molecular formula is C23H30ClN3O5. The molecular weight excluding hydrogens is 434 g/mol. The zero-order valence-corrected chi connectivity index (χ0v) is 19.3. The maximum Gasteiger partial charge on any atom is 0.406 e. The smallest absolute Gasteiger partial charge is 0.406 e. The number of amides is 2. The van der Waals surface area contributed by atoms with E-state index >= 15 is 0 Å². The predicted octanol–water partition coefficient (Wildman–Crippen LogP) is 3.15. The Labute approximate surface area is 193 Å². The number of hydrogen-bond acceptors (Lipinski definition) is 6. The van der Waals surface area contributed by atoms with E-state index in [0.717, 1.165) is 11.1 Å². The Morgan fingerprint density at radius 2 is 1.84 bits per heavy atom. The largest absolute Gasteiger partial charge is 0.494 e. The van der Waals surface area contributed by atoms with Crippen molar-refractivity contribution < 1.29 is 23.8 Å². The van der Waals surface area contributed by atoms with Crippen LogP contribution in [0.3, 0.4) is 0 Å². The zero-order valence-electron chi connectivity index (χ0n) is 18.6. The van der Waals surface area contributed by atoms with Crippen LogP contribution in [0.1, 0.15) is 34.5 Å². The molecule has 0 fully saturated rings. The van der Waals surface area contributed by atoms with Gasteiger partial charge in [0.2, 0.25) is 0 Å². The van der Waals surface area contributed by atoms with Crippen LogP contribution >= 0.6 is 11.6 Å². The molecule has 32 heavy (non-hydrogen) atoms. The van der Waals surface area contributed by atoms with Crippen LogP contribution in [-0.2, 0) is 9.47 Å². The van der Waals surface area contributed by atoms with Gasteiger partial charge in [0.25, 0.3) is 5.91 Å². The van der Waals surface area contributed by atoms with Crippen LogP contribution in [0.4, 0.5) is 4.79 Å². The highest BCUT2D eigenvalue weighted by atomic mass is 35.5. The molecule has 3 N–H and O–H groups in total. The van der Waals surface area contributed by atoms with Crippen molar-refractivity contribution in [3.8, 4) is 5.75 Å². The average molecular weight is 464 g/mol. The first kappa shape index (κ1) is 25.5. The number of rotatable bonds is 12. The van der Waals surface area contributed by atoms with Crippen molar-refractivity contribution in [3.63, 3.8) is 0 Å². The molecule has 1 unspecified atom stereocenters. The molecule has 0 saturated carbocycles. The molecule has 9 heteroatoms. The second-order valence-corrected chi connectivity index (χ2v) is 7.24. The minimum absolute atomic E-state index is 0.208. The number of hydrogen-bond donors (Lipinski definition) is 3. The SMILES string of the molecule is CCOc1cc(C(=O)NCCNC)cc(C(OCCNC(=O)OC)c2cccc(Cl)c2)c1. The fourth-order valence-electron chi connectivity index (χ4n) is 3.01. The third-order valence-corrected chi connectivity index (χ3v) is 4.69. The Kier molecular flexibility index (Phi) is 10.8. The van der Waals surface area contributed by atoms with E-state index in [0.29, 0.717) is 36.0 Å². The number of ether oxygens (including phenoxy) is 3. The van der Waals surface area contributed by atoms with E-state index in [2.05, 4.69) is 20.7 Å². The number of nitrogens with one attached hydrogen (secondary N) is 3. The van der Waals surface area contributed by atoms with Gasteiger partial charge >= 0.3 is 6.09 Å². The highest BCUT2D eigenvalue weighted by molar-refractivity contribution is 6.30. The summed E-state index contributed by atoms with van der Waals surface area (Å²) in [6.45, 7) is 3.96. The first-order chi connectivity index (χ1) is 15.5. The van der Waals surface area contributed by atoms with Gasteiger partial charge in [-0.15, -0.1) is 0 Å². The fourth-order valence-corrected chi connectivity index (χ4v) is 3.21. The summed E-state index contributed by atoms with van der Waals surface area (Å²) in [6.07, 6.45) is -1.07. The second kappa shape index (κ2) is 13.6. The van der Waals surface area contributed by atoms with Gasteiger partial charge in [-0.2, -0.15) is 0 Å². The highest BCUT2D eigenvalue weighted by Gasteiger charge is 2.19. The summed E-state index contributed by atoms with van der Waals surface area (Å²) >= 11 is 6.21.